The minimum absolute atomic E-state index is 0.391. The Morgan fingerprint density at radius 1 is 1.24 bits per heavy atom. The van der Waals surface area contributed by atoms with Crippen molar-refractivity contribution in [1.82, 2.24) is 14.7 Å². The summed E-state index contributed by atoms with van der Waals surface area (Å²) in [4.78, 5) is 2.10. The predicted octanol–water partition coefficient (Wildman–Crippen LogP) is 3.38. The molecule has 0 aliphatic carbocycles. The van der Waals surface area contributed by atoms with Crippen molar-refractivity contribution in [2.45, 2.75) is 52.7 Å². The SMILES string of the molecule is CC(C)CC(O)(CC(C)C)c1c(Cl)cnn1CCN(C)C. The minimum Gasteiger partial charge on any atom is -0.383 e. The van der Waals surface area contributed by atoms with Gasteiger partial charge in [-0.2, -0.15) is 5.10 Å². The molecular weight excluding hydrogens is 286 g/mol. The molecular formula is C16H30ClN3O. The van der Waals surface area contributed by atoms with Gasteiger partial charge in [0.2, 0.25) is 0 Å². The number of rotatable bonds is 8. The van der Waals surface area contributed by atoms with E-state index >= 15 is 0 Å². The van der Waals surface area contributed by atoms with Crippen LogP contribution in [0.2, 0.25) is 5.02 Å². The summed E-state index contributed by atoms with van der Waals surface area (Å²) in [5.41, 5.74) is -0.143. The third-order valence-corrected chi connectivity index (χ3v) is 3.76. The molecule has 0 bridgehead atoms. The Morgan fingerprint density at radius 2 is 1.76 bits per heavy atom. The first kappa shape index (κ1) is 18.5. The summed E-state index contributed by atoms with van der Waals surface area (Å²) in [6, 6.07) is 0. The molecule has 122 valence electrons. The molecule has 0 fully saturated rings. The van der Waals surface area contributed by atoms with Crippen LogP contribution in [0.5, 0.6) is 0 Å². The largest absolute Gasteiger partial charge is 0.383 e. The maximum absolute atomic E-state index is 11.3. The Kier molecular flexibility index (Phi) is 6.70. The lowest BCUT2D eigenvalue weighted by atomic mass is 9.82. The zero-order chi connectivity index (χ0) is 16.2. The number of aromatic nitrogens is 2. The van der Waals surface area contributed by atoms with Crippen LogP contribution in [0, 0.1) is 11.8 Å². The van der Waals surface area contributed by atoms with E-state index in [4.69, 9.17) is 11.6 Å². The van der Waals surface area contributed by atoms with Gasteiger partial charge < -0.3 is 10.0 Å². The maximum Gasteiger partial charge on any atom is 0.108 e. The van der Waals surface area contributed by atoms with E-state index in [0.717, 1.165) is 18.8 Å². The quantitative estimate of drug-likeness (QED) is 0.799. The summed E-state index contributed by atoms with van der Waals surface area (Å²) in [6.07, 6.45) is 3.04. The third kappa shape index (κ3) is 5.28. The van der Waals surface area contributed by atoms with Crippen LogP contribution < -0.4 is 0 Å². The molecule has 0 saturated heterocycles. The highest BCUT2D eigenvalue weighted by Crippen LogP contribution is 2.38. The lowest BCUT2D eigenvalue weighted by molar-refractivity contribution is -0.0127. The lowest BCUT2D eigenvalue weighted by Crippen LogP contribution is -2.34. The number of likely N-dealkylation sites (N-methyl/N-ethyl adjacent to an activating group) is 1. The summed E-state index contributed by atoms with van der Waals surface area (Å²) in [6.45, 7) is 10.1. The van der Waals surface area contributed by atoms with Gasteiger partial charge in [0, 0.05) is 6.54 Å². The smallest absolute Gasteiger partial charge is 0.108 e. The maximum atomic E-state index is 11.3. The van der Waals surface area contributed by atoms with Crippen LogP contribution in [-0.2, 0) is 12.1 Å². The summed E-state index contributed by atoms with van der Waals surface area (Å²) in [5, 5.41) is 16.2. The van der Waals surface area contributed by atoms with Crippen LogP contribution in [-0.4, -0.2) is 40.4 Å². The van der Waals surface area contributed by atoms with Gasteiger partial charge in [-0.1, -0.05) is 39.3 Å². The highest BCUT2D eigenvalue weighted by molar-refractivity contribution is 6.31. The number of hydrogen-bond donors (Lipinski definition) is 1. The van der Waals surface area contributed by atoms with E-state index in [9.17, 15) is 5.11 Å². The standard InChI is InChI=1S/C16H30ClN3O/c1-12(2)9-16(21,10-13(3)4)15-14(17)11-18-20(15)8-7-19(5)6/h11-13,21H,7-10H2,1-6H3. The van der Waals surface area contributed by atoms with Gasteiger partial charge in [-0.15, -0.1) is 0 Å². The average molecular weight is 316 g/mol. The zero-order valence-electron chi connectivity index (χ0n) is 14.2. The van der Waals surface area contributed by atoms with Gasteiger partial charge >= 0.3 is 0 Å². The fourth-order valence-corrected chi connectivity index (χ4v) is 3.23. The summed E-state index contributed by atoms with van der Waals surface area (Å²) < 4.78 is 1.87. The zero-order valence-corrected chi connectivity index (χ0v) is 15.0. The molecule has 0 saturated carbocycles. The van der Waals surface area contributed by atoms with Crippen molar-refractivity contribution in [1.29, 1.82) is 0 Å². The highest BCUT2D eigenvalue weighted by Gasteiger charge is 2.36. The van der Waals surface area contributed by atoms with Gasteiger partial charge in [-0.25, -0.2) is 0 Å². The van der Waals surface area contributed by atoms with Crippen LogP contribution in [0.1, 0.15) is 46.2 Å². The Bertz CT molecular complexity index is 431. The van der Waals surface area contributed by atoms with Crippen LogP contribution in [0.25, 0.3) is 0 Å². The van der Waals surface area contributed by atoms with Crippen molar-refractivity contribution >= 4 is 11.6 Å². The second-order valence-electron chi connectivity index (χ2n) is 7.10. The van der Waals surface area contributed by atoms with Crippen LogP contribution in [0.4, 0.5) is 0 Å². The molecule has 0 spiro atoms. The Hall–Kier alpha value is -0.580. The molecule has 0 unspecified atom stereocenters. The molecule has 0 radical (unpaired) electrons. The molecule has 21 heavy (non-hydrogen) atoms. The Balaban J connectivity index is 3.14. The van der Waals surface area contributed by atoms with Crippen molar-refractivity contribution < 1.29 is 5.11 Å². The second-order valence-corrected chi connectivity index (χ2v) is 7.50. The normalized spacial score (nSPS) is 12.9. The van der Waals surface area contributed by atoms with Crippen molar-refractivity contribution in [2.24, 2.45) is 11.8 Å². The summed E-state index contributed by atoms with van der Waals surface area (Å²) in [7, 11) is 4.05. The van der Waals surface area contributed by atoms with E-state index in [1.165, 1.54) is 0 Å². The molecule has 0 aliphatic heterocycles. The topological polar surface area (TPSA) is 41.3 Å². The van der Waals surface area contributed by atoms with E-state index in [0.29, 0.717) is 29.7 Å². The van der Waals surface area contributed by atoms with Gasteiger partial charge in [0.1, 0.15) is 5.60 Å². The third-order valence-electron chi connectivity index (χ3n) is 3.49. The summed E-state index contributed by atoms with van der Waals surface area (Å²) >= 11 is 6.35. The first-order valence-electron chi connectivity index (χ1n) is 7.74. The number of hydrogen-bond acceptors (Lipinski definition) is 3. The number of halogens is 1. The average Bonchev–Trinajstić information content (AvgIpc) is 2.66. The lowest BCUT2D eigenvalue weighted by Gasteiger charge is -2.33. The molecule has 4 nitrogen and oxygen atoms in total. The Labute approximate surface area is 134 Å². The monoisotopic (exact) mass is 315 g/mol. The summed E-state index contributed by atoms with van der Waals surface area (Å²) in [5.74, 6) is 0.782. The molecule has 1 aromatic rings. The molecule has 1 aromatic heterocycles. The second kappa shape index (κ2) is 7.61. The highest BCUT2D eigenvalue weighted by atomic mass is 35.5. The molecule has 5 heteroatoms. The van der Waals surface area contributed by atoms with E-state index in [-0.39, 0.29) is 0 Å². The van der Waals surface area contributed by atoms with E-state index in [1.54, 1.807) is 6.20 Å². The van der Waals surface area contributed by atoms with Crippen LogP contribution in [0.15, 0.2) is 6.20 Å². The minimum atomic E-state index is -0.914. The van der Waals surface area contributed by atoms with Gasteiger partial charge in [-0.05, 0) is 38.8 Å². The number of nitrogens with zero attached hydrogens (tertiary/aromatic N) is 3. The van der Waals surface area contributed by atoms with Crippen molar-refractivity contribution in [3.05, 3.63) is 16.9 Å². The molecule has 0 amide bonds. The number of aliphatic hydroxyl groups is 1. The van der Waals surface area contributed by atoms with E-state index in [2.05, 4.69) is 37.7 Å². The van der Waals surface area contributed by atoms with E-state index < -0.39 is 5.60 Å². The molecule has 1 heterocycles. The van der Waals surface area contributed by atoms with Crippen molar-refractivity contribution in [3.63, 3.8) is 0 Å². The van der Waals surface area contributed by atoms with Gasteiger partial charge in [0.25, 0.3) is 0 Å². The molecule has 1 N–H and O–H groups in total. The van der Waals surface area contributed by atoms with Crippen LogP contribution >= 0.6 is 11.6 Å². The van der Waals surface area contributed by atoms with Gasteiger partial charge in [0.15, 0.2) is 0 Å². The predicted molar refractivity (Wildman–Crippen MR) is 88.6 cm³/mol. The first-order valence-corrected chi connectivity index (χ1v) is 8.12. The fraction of sp³-hybridized carbons (Fsp3) is 0.812. The first-order chi connectivity index (χ1) is 9.65. The molecule has 0 atom stereocenters. The van der Waals surface area contributed by atoms with E-state index in [1.807, 2.05) is 18.8 Å². The van der Waals surface area contributed by atoms with Crippen molar-refractivity contribution in [3.8, 4) is 0 Å². The fourth-order valence-electron chi connectivity index (χ4n) is 2.92. The van der Waals surface area contributed by atoms with Gasteiger partial charge in [0.05, 0.1) is 23.5 Å². The Morgan fingerprint density at radius 3 is 2.19 bits per heavy atom. The molecule has 0 aliphatic rings. The van der Waals surface area contributed by atoms with Crippen molar-refractivity contribution in [2.75, 3.05) is 20.6 Å². The van der Waals surface area contributed by atoms with Gasteiger partial charge in [-0.3, -0.25) is 4.68 Å². The molecule has 1 rings (SSSR count). The van der Waals surface area contributed by atoms with Crippen LogP contribution in [0.3, 0.4) is 0 Å². The molecule has 0 aromatic carbocycles.